The second-order valence-corrected chi connectivity index (χ2v) is 9.67. The van der Waals surface area contributed by atoms with Crippen molar-refractivity contribution in [2.75, 3.05) is 62.3 Å². The van der Waals surface area contributed by atoms with Crippen molar-refractivity contribution < 1.29 is 4.74 Å². The van der Waals surface area contributed by atoms with Gasteiger partial charge in [0.25, 0.3) is 0 Å². The SMILES string of the molecule is CC1CCC(c2cccc(N3CCOCC3)c2)(N2CCN(c3ccccc3)CC2)CC1. The number of nitrogens with zero attached hydrogens (tertiary/aromatic N) is 3. The minimum atomic E-state index is 0.192. The van der Waals surface area contributed by atoms with Gasteiger partial charge in [-0.2, -0.15) is 0 Å². The minimum Gasteiger partial charge on any atom is -0.378 e. The number of para-hydroxylation sites is 1. The largest absolute Gasteiger partial charge is 0.378 e. The van der Waals surface area contributed by atoms with E-state index >= 15 is 0 Å². The molecule has 5 rings (SSSR count). The third kappa shape index (κ3) is 4.33. The fourth-order valence-electron chi connectivity index (χ4n) is 5.87. The maximum atomic E-state index is 5.59. The summed E-state index contributed by atoms with van der Waals surface area (Å²) < 4.78 is 5.59. The fourth-order valence-corrected chi connectivity index (χ4v) is 5.87. The molecule has 166 valence electrons. The molecular formula is C27H37N3O. The van der Waals surface area contributed by atoms with Gasteiger partial charge in [0.05, 0.1) is 13.2 Å². The van der Waals surface area contributed by atoms with Crippen LogP contribution in [-0.2, 0) is 10.3 Å². The molecule has 0 N–H and O–H groups in total. The monoisotopic (exact) mass is 419 g/mol. The highest BCUT2D eigenvalue weighted by Crippen LogP contribution is 2.45. The second kappa shape index (κ2) is 9.22. The van der Waals surface area contributed by atoms with Gasteiger partial charge < -0.3 is 14.5 Å². The number of hydrogen-bond donors (Lipinski definition) is 0. The van der Waals surface area contributed by atoms with E-state index in [1.54, 1.807) is 0 Å². The Hall–Kier alpha value is -2.04. The Morgan fingerprint density at radius 1 is 0.742 bits per heavy atom. The number of benzene rings is 2. The summed E-state index contributed by atoms with van der Waals surface area (Å²) in [6.07, 6.45) is 5.24. The van der Waals surface area contributed by atoms with Crippen LogP contribution < -0.4 is 9.80 Å². The number of ether oxygens (including phenoxy) is 1. The molecule has 2 saturated heterocycles. The zero-order valence-electron chi connectivity index (χ0n) is 19.0. The van der Waals surface area contributed by atoms with Gasteiger partial charge in [-0.25, -0.2) is 0 Å². The molecule has 4 nitrogen and oxygen atoms in total. The Labute approximate surface area is 187 Å². The normalized spacial score (nSPS) is 28.0. The molecule has 3 fully saturated rings. The minimum absolute atomic E-state index is 0.192. The van der Waals surface area contributed by atoms with Gasteiger partial charge in [-0.05, 0) is 61.4 Å². The molecule has 0 amide bonds. The molecule has 2 heterocycles. The van der Waals surface area contributed by atoms with E-state index < -0.39 is 0 Å². The number of anilines is 2. The summed E-state index contributed by atoms with van der Waals surface area (Å²) in [4.78, 5) is 7.88. The van der Waals surface area contributed by atoms with Crippen LogP contribution in [0.5, 0.6) is 0 Å². The lowest BCUT2D eigenvalue weighted by atomic mass is 9.71. The lowest BCUT2D eigenvalue weighted by Crippen LogP contribution is -2.56. The van der Waals surface area contributed by atoms with Crippen LogP contribution in [0.3, 0.4) is 0 Å². The van der Waals surface area contributed by atoms with Crippen molar-refractivity contribution in [2.24, 2.45) is 5.92 Å². The molecule has 0 radical (unpaired) electrons. The quantitative estimate of drug-likeness (QED) is 0.712. The smallest absolute Gasteiger partial charge is 0.0642 e. The summed E-state index contributed by atoms with van der Waals surface area (Å²) in [5, 5.41) is 0. The summed E-state index contributed by atoms with van der Waals surface area (Å²) >= 11 is 0. The Morgan fingerprint density at radius 3 is 2.10 bits per heavy atom. The predicted molar refractivity (Wildman–Crippen MR) is 129 cm³/mol. The number of piperazine rings is 1. The van der Waals surface area contributed by atoms with Crippen molar-refractivity contribution in [3.63, 3.8) is 0 Å². The predicted octanol–water partition coefficient (Wildman–Crippen LogP) is 4.75. The molecule has 4 heteroatoms. The highest BCUT2D eigenvalue weighted by molar-refractivity contribution is 5.51. The molecular weight excluding hydrogens is 382 g/mol. The highest BCUT2D eigenvalue weighted by atomic mass is 16.5. The van der Waals surface area contributed by atoms with E-state index in [-0.39, 0.29) is 5.54 Å². The third-order valence-electron chi connectivity index (χ3n) is 7.87. The van der Waals surface area contributed by atoms with Crippen LogP contribution in [-0.4, -0.2) is 57.4 Å². The fraction of sp³-hybridized carbons (Fsp3) is 0.556. The lowest BCUT2D eigenvalue weighted by Gasteiger charge is -2.51. The van der Waals surface area contributed by atoms with Crippen LogP contribution >= 0.6 is 0 Å². The summed E-state index contributed by atoms with van der Waals surface area (Å²) in [6, 6.07) is 20.4. The van der Waals surface area contributed by atoms with Crippen molar-refractivity contribution in [3.8, 4) is 0 Å². The van der Waals surface area contributed by atoms with Gasteiger partial charge in [-0.15, -0.1) is 0 Å². The van der Waals surface area contributed by atoms with Crippen LogP contribution in [0.25, 0.3) is 0 Å². The maximum Gasteiger partial charge on any atom is 0.0642 e. The van der Waals surface area contributed by atoms with Crippen LogP contribution in [0, 0.1) is 5.92 Å². The van der Waals surface area contributed by atoms with Gasteiger partial charge >= 0.3 is 0 Å². The van der Waals surface area contributed by atoms with Gasteiger partial charge in [-0.3, -0.25) is 4.90 Å². The van der Waals surface area contributed by atoms with Crippen LogP contribution in [0.4, 0.5) is 11.4 Å². The van der Waals surface area contributed by atoms with E-state index in [2.05, 4.69) is 76.2 Å². The molecule has 1 saturated carbocycles. The number of hydrogen-bond acceptors (Lipinski definition) is 4. The molecule has 3 aliphatic rings. The molecule has 0 bridgehead atoms. The molecule has 0 aromatic heterocycles. The van der Waals surface area contributed by atoms with Gasteiger partial charge in [0.1, 0.15) is 0 Å². The van der Waals surface area contributed by atoms with Crippen molar-refractivity contribution in [1.82, 2.24) is 4.90 Å². The molecule has 2 aromatic carbocycles. The Kier molecular flexibility index (Phi) is 6.20. The summed E-state index contributed by atoms with van der Waals surface area (Å²) in [6.45, 7) is 10.6. The van der Waals surface area contributed by atoms with Crippen molar-refractivity contribution in [2.45, 2.75) is 38.1 Å². The van der Waals surface area contributed by atoms with Gasteiger partial charge in [0.15, 0.2) is 0 Å². The number of rotatable bonds is 4. The topological polar surface area (TPSA) is 19.0 Å². The van der Waals surface area contributed by atoms with Gasteiger partial charge in [-0.1, -0.05) is 37.3 Å². The van der Waals surface area contributed by atoms with Crippen LogP contribution in [0.15, 0.2) is 54.6 Å². The van der Waals surface area contributed by atoms with Crippen molar-refractivity contribution in [1.29, 1.82) is 0 Å². The Balaban J connectivity index is 1.39. The maximum absolute atomic E-state index is 5.59. The first-order chi connectivity index (χ1) is 15.2. The zero-order valence-corrected chi connectivity index (χ0v) is 19.0. The standard InChI is InChI=1S/C27H37N3O/c1-23-10-12-27(13-11-23,24-6-5-9-26(22-24)29-18-20-31-21-19-29)30-16-14-28(15-17-30)25-7-3-2-4-8-25/h2-9,22-23H,10-21H2,1H3. The second-order valence-electron chi connectivity index (χ2n) is 9.67. The molecule has 0 unspecified atom stereocenters. The zero-order chi connectivity index (χ0) is 21.1. The summed E-state index contributed by atoms with van der Waals surface area (Å²) in [5.41, 5.74) is 4.47. The van der Waals surface area contributed by atoms with E-state index in [0.717, 1.165) is 58.4 Å². The first-order valence-electron chi connectivity index (χ1n) is 12.2. The van der Waals surface area contributed by atoms with E-state index in [1.165, 1.54) is 42.6 Å². The third-order valence-corrected chi connectivity index (χ3v) is 7.87. The molecule has 0 atom stereocenters. The van der Waals surface area contributed by atoms with E-state index in [4.69, 9.17) is 4.74 Å². The van der Waals surface area contributed by atoms with E-state index in [9.17, 15) is 0 Å². The average molecular weight is 420 g/mol. The molecule has 31 heavy (non-hydrogen) atoms. The Morgan fingerprint density at radius 2 is 1.39 bits per heavy atom. The van der Waals surface area contributed by atoms with Crippen LogP contribution in [0.1, 0.15) is 38.2 Å². The summed E-state index contributed by atoms with van der Waals surface area (Å²) in [7, 11) is 0. The first kappa shape index (κ1) is 20.8. The van der Waals surface area contributed by atoms with Crippen molar-refractivity contribution in [3.05, 3.63) is 60.2 Å². The van der Waals surface area contributed by atoms with E-state index in [1.807, 2.05) is 0 Å². The molecule has 2 aliphatic heterocycles. The van der Waals surface area contributed by atoms with E-state index in [0.29, 0.717) is 0 Å². The first-order valence-corrected chi connectivity index (χ1v) is 12.2. The molecule has 0 spiro atoms. The van der Waals surface area contributed by atoms with Gasteiger partial charge in [0, 0.05) is 56.2 Å². The average Bonchev–Trinajstić information content (AvgIpc) is 2.86. The molecule has 2 aromatic rings. The van der Waals surface area contributed by atoms with Crippen LogP contribution in [0.2, 0.25) is 0 Å². The highest BCUT2D eigenvalue weighted by Gasteiger charge is 2.42. The van der Waals surface area contributed by atoms with Gasteiger partial charge in [0.2, 0.25) is 0 Å². The lowest BCUT2D eigenvalue weighted by molar-refractivity contribution is 0.0299. The number of morpholine rings is 1. The summed E-state index contributed by atoms with van der Waals surface area (Å²) in [5.74, 6) is 0.848. The van der Waals surface area contributed by atoms with Crippen molar-refractivity contribution >= 4 is 11.4 Å². The Bertz CT molecular complexity index is 833. The molecule has 1 aliphatic carbocycles.